The maximum atomic E-state index is 9.82. The molecular formula is C6H12O5. The monoisotopic (exact) mass is 164 g/mol. The van der Waals surface area contributed by atoms with E-state index in [4.69, 9.17) is 15.3 Å². The summed E-state index contributed by atoms with van der Waals surface area (Å²) >= 11 is 0. The Balaban J connectivity index is 0. The third-order valence-corrected chi connectivity index (χ3v) is 1.20. The van der Waals surface area contributed by atoms with Crippen molar-refractivity contribution in [3.63, 3.8) is 0 Å². The number of aliphatic hydroxyl groups is 3. The lowest BCUT2D eigenvalue weighted by atomic mass is 10.1. The van der Waals surface area contributed by atoms with E-state index in [0.717, 1.165) is 0 Å². The van der Waals surface area contributed by atoms with Gasteiger partial charge < -0.3 is 20.1 Å². The van der Waals surface area contributed by atoms with Crippen molar-refractivity contribution in [2.24, 2.45) is 0 Å². The lowest BCUT2D eigenvalue weighted by Crippen LogP contribution is -2.28. The number of rotatable bonds is 4. The summed E-state index contributed by atoms with van der Waals surface area (Å²) < 4.78 is 0. The van der Waals surface area contributed by atoms with Crippen molar-refractivity contribution < 1.29 is 25.6 Å². The summed E-state index contributed by atoms with van der Waals surface area (Å²) in [5, 5.41) is 26.2. The fraction of sp³-hybridized carbons (Fsp3) is 0.833. The Bertz CT molecular complexity index is 103. The molecule has 2 radical (unpaired) electrons. The van der Waals surface area contributed by atoms with E-state index in [2.05, 4.69) is 0 Å². The van der Waals surface area contributed by atoms with Crippen LogP contribution in [0.5, 0.6) is 0 Å². The van der Waals surface area contributed by atoms with E-state index < -0.39 is 18.3 Å². The highest BCUT2D eigenvalue weighted by Crippen LogP contribution is 2.00. The SMILES string of the molecule is C[C@H](O)[C@H](O)C[C@@H](O)C=O.[O]. The van der Waals surface area contributed by atoms with Crippen molar-refractivity contribution in [3.05, 3.63) is 0 Å². The molecule has 0 heterocycles. The topological polar surface area (TPSA) is 106 Å². The van der Waals surface area contributed by atoms with Crippen LogP contribution in [0.1, 0.15) is 13.3 Å². The van der Waals surface area contributed by atoms with Crippen LogP contribution in [0, 0.1) is 0 Å². The Hall–Kier alpha value is -0.490. The zero-order valence-corrected chi connectivity index (χ0v) is 6.17. The van der Waals surface area contributed by atoms with E-state index in [1.165, 1.54) is 6.92 Å². The van der Waals surface area contributed by atoms with Gasteiger partial charge in [0.1, 0.15) is 12.4 Å². The molecule has 0 aromatic carbocycles. The summed E-state index contributed by atoms with van der Waals surface area (Å²) in [6, 6.07) is 0. The smallest absolute Gasteiger partial charge is 0.148 e. The Morgan fingerprint density at radius 2 is 1.82 bits per heavy atom. The van der Waals surface area contributed by atoms with E-state index in [-0.39, 0.29) is 11.9 Å². The predicted octanol–water partition coefficient (Wildman–Crippen LogP) is -1.44. The van der Waals surface area contributed by atoms with Crippen molar-refractivity contribution in [2.45, 2.75) is 31.7 Å². The van der Waals surface area contributed by atoms with Gasteiger partial charge in [-0.3, -0.25) is 0 Å². The summed E-state index contributed by atoms with van der Waals surface area (Å²) in [6.45, 7) is 1.39. The van der Waals surface area contributed by atoms with Gasteiger partial charge in [0.25, 0.3) is 0 Å². The molecular weight excluding hydrogens is 152 g/mol. The van der Waals surface area contributed by atoms with Gasteiger partial charge in [-0.2, -0.15) is 0 Å². The molecule has 66 valence electrons. The number of hydrogen-bond acceptors (Lipinski definition) is 4. The van der Waals surface area contributed by atoms with E-state index in [1.807, 2.05) is 0 Å². The van der Waals surface area contributed by atoms with E-state index in [1.54, 1.807) is 0 Å². The third kappa shape index (κ3) is 5.93. The molecule has 0 aromatic rings. The van der Waals surface area contributed by atoms with Crippen LogP contribution >= 0.6 is 0 Å². The average molecular weight is 164 g/mol. The first-order valence-corrected chi connectivity index (χ1v) is 3.07. The summed E-state index contributed by atoms with van der Waals surface area (Å²) in [5.74, 6) is 0. The Morgan fingerprint density at radius 3 is 2.09 bits per heavy atom. The van der Waals surface area contributed by atoms with Crippen LogP contribution in [0.25, 0.3) is 0 Å². The number of aldehydes is 1. The van der Waals surface area contributed by atoms with Gasteiger partial charge in [0.05, 0.1) is 12.2 Å². The molecule has 5 nitrogen and oxygen atoms in total. The molecule has 0 fully saturated rings. The lowest BCUT2D eigenvalue weighted by Gasteiger charge is -2.13. The fourth-order valence-electron chi connectivity index (χ4n) is 0.500. The van der Waals surface area contributed by atoms with Gasteiger partial charge in [-0.05, 0) is 6.92 Å². The van der Waals surface area contributed by atoms with Crippen LogP contribution in [0.4, 0.5) is 0 Å². The van der Waals surface area contributed by atoms with Crippen LogP contribution in [0.3, 0.4) is 0 Å². The van der Waals surface area contributed by atoms with Crippen molar-refractivity contribution >= 4 is 6.29 Å². The minimum Gasteiger partial charge on any atom is -0.391 e. The number of hydrogen-bond donors (Lipinski definition) is 3. The maximum absolute atomic E-state index is 9.82. The van der Waals surface area contributed by atoms with Crippen LogP contribution < -0.4 is 0 Å². The number of aliphatic hydroxyl groups excluding tert-OH is 3. The van der Waals surface area contributed by atoms with Gasteiger partial charge >= 0.3 is 0 Å². The van der Waals surface area contributed by atoms with Crippen molar-refractivity contribution in [3.8, 4) is 0 Å². The van der Waals surface area contributed by atoms with Gasteiger partial charge in [0, 0.05) is 11.9 Å². The average Bonchev–Trinajstić information content (AvgIpc) is 1.87. The molecule has 0 spiro atoms. The Morgan fingerprint density at radius 1 is 1.36 bits per heavy atom. The molecule has 0 saturated carbocycles. The lowest BCUT2D eigenvalue weighted by molar-refractivity contribution is -0.117. The quantitative estimate of drug-likeness (QED) is 0.442. The normalized spacial score (nSPS) is 17.8. The second kappa shape index (κ2) is 6.23. The second-order valence-electron chi connectivity index (χ2n) is 2.25. The first-order chi connectivity index (χ1) is 4.57. The van der Waals surface area contributed by atoms with E-state index in [0.29, 0.717) is 6.29 Å². The van der Waals surface area contributed by atoms with Gasteiger partial charge in [-0.25, -0.2) is 0 Å². The summed E-state index contributed by atoms with van der Waals surface area (Å²) in [6.07, 6.45) is -2.90. The number of carbonyl (C=O) groups is 1. The summed E-state index contributed by atoms with van der Waals surface area (Å²) in [5.41, 5.74) is 0. The first-order valence-electron chi connectivity index (χ1n) is 3.07. The fourth-order valence-corrected chi connectivity index (χ4v) is 0.500. The molecule has 0 bridgehead atoms. The highest BCUT2D eigenvalue weighted by Gasteiger charge is 2.14. The maximum Gasteiger partial charge on any atom is 0.148 e. The minimum absolute atomic E-state index is 0. The third-order valence-electron chi connectivity index (χ3n) is 1.20. The van der Waals surface area contributed by atoms with Crippen LogP contribution in [0.2, 0.25) is 0 Å². The molecule has 3 atom stereocenters. The Kier molecular flexibility index (Phi) is 7.44. The molecule has 0 unspecified atom stereocenters. The second-order valence-corrected chi connectivity index (χ2v) is 2.25. The molecule has 5 heteroatoms. The van der Waals surface area contributed by atoms with Crippen molar-refractivity contribution in [2.75, 3.05) is 0 Å². The highest BCUT2D eigenvalue weighted by atomic mass is 16.3. The van der Waals surface area contributed by atoms with Gasteiger partial charge in [-0.15, -0.1) is 0 Å². The largest absolute Gasteiger partial charge is 0.391 e. The summed E-state index contributed by atoms with van der Waals surface area (Å²) in [4.78, 5) is 9.82. The van der Waals surface area contributed by atoms with Crippen molar-refractivity contribution in [1.82, 2.24) is 0 Å². The highest BCUT2D eigenvalue weighted by molar-refractivity contribution is 5.55. The Labute approximate surface area is 64.6 Å². The van der Waals surface area contributed by atoms with Crippen LogP contribution in [-0.2, 0) is 10.3 Å². The standard InChI is InChI=1S/C6H12O4.O/c1-4(8)6(10)2-5(9)3-7;/h3-6,8-10H,2H2,1H3;/t4-,5+,6+;/m0./s1. The predicted molar refractivity (Wildman–Crippen MR) is 35.1 cm³/mol. The molecule has 0 saturated heterocycles. The van der Waals surface area contributed by atoms with Crippen molar-refractivity contribution in [1.29, 1.82) is 0 Å². The summed E-state index contributed by atoms with van der Waals surface area (Å²) in [7, 11) is 0. The molecule has 0 aliphatic rings. The zero-order chi connectivity index (χ0) is 8.15. The molecule has 0 aliphatic carbocycles. The first kappa shape index (κ1) is 13.1. The van der Waals surface area contributed by atoms with Gasteiger partial charge in [0.2, 0.25) is 0 Å². The molecule has 3 N–H and O–H groups in total. The molecule has 0 rings (SSSR count). The van der Waals surface area contributed by atoms with E-state index >= 15 is 0 Å². The molecule has 11 heavy (non-hydrogen) atoms. The minimum atomic E-state index is -1.18. The molecule has 0 amide bonds. The van der Waals surface area contributed by atoms with E-state index in [9.17, 15) is 4.79 Å². The zero-order valence-electron chi connectivity index (χ0n) is 6.17. The van der Waals surface area contributed by atoms with Crippen LogP contribution in [-0.4, -0.2) is 39.9 Å². The van der Waals surface area contributed by atoms with Gasteiger partial charge in [-0.1, -0.05) is 0 Å². The van der Waals surface area contributed by atoms with Gasteiger partial charge in [0.15, 0.2) is 0 Å². The molecule has 0 aromatic heterocycles. The molecule has 0 aliphatic heterocycles. The van der Waals surface area contributed by atoms with Crippen LogP contribution in [0.15, 0.2) is 0 Å². The number of carbonyl (C=O) groups excluding carboxylic acids is 1.